The zero-order chi connectivity index (χ0) is 24.4. The van der Waals surface area contributed by atoms with Gasteiger partial charge in [-0.1, -0.05) is 18.5 Å². The second-order valence-electron chi connectivity index (χ2n) is 6.81. The van der Waals surface area contributed by atoms with Crippen LogP contribution in [0.5, 0.6) is 0 Å². The summed E-state index contributed by atoms with van der Waals surface area (Å²) in [6, 6.07) is 6.96. The Labute approximate surface area is 195 Å². The number of sulfonamides is 1. The maximum atomic E-state index is 12.6. The molecule has 3 rings (SSSR count). The van der Waals surface area contributed by atoms with Gasteiger partial charge in [-0.3, -0.25) is 4.79 Å². The van der Waals surface area contributed by atoms with E-state index in [2.05, 4.69) is 30.0 Å². The number of halogens is 1. The first kappa shape index (κ1) is 24.5. The zero-order valence-corrected chi connectivity index (χ0v) is 20.1. The molecule has 174 valence electrons. The lowest BCUT2D eigenvalue weighted by atomic mass is 10.3. The lowest BCUT2D eigenvalue weighted by Gasteiger charge is -2.10. The fourth-order valence-electron chi connectivity index (χ4n) is 2.65. The molecule has 2 aromatic heterocycles. The molecule has 3 aromatic rings. The van der Waals surface area contributed by atoms with Crippen LogP contribution in [-0.4, -0.2) is 48.4 Å². The van der Waals surface area contributed by atoms with E-state index < -0.39 is 30.9 Å². The number of anilines is 2. The minimum atomic E-state index is -3.97. The summed E-state index contributed by atoms with van der Waals surface area (Å²) in [7, 11) is -7.71. The molecule has 1 aromatic carbocycles. The van der Waals surface area contributed by atoms with Gasteiger partial charge in [0.05, 0.1) is 21.9 Å². The van der Waals surface area contributed by atoms with Crippen molar-refractivity contribution >= 4 is 49.0 Å². The summed E-state index contributed by atoms with van der Waals surface area (Å²) in [6.07, 6.45) is 1.03. The van der Waals surface area contributed by atoms with E-state index in [0.717, 1.165) is 6.20 Å². The van der Waals surface area contributed by atoms with Gasteiger partial charge in [0.2, 0.25) is 20.9 Å². The minimum Gasteiger partial charge on any atom is -0.321 e. The molecule has 2 heterocycles. The summed E-state index contributed by atoms with van der Waals surface area (Å²) >= 11 is 5.95. The van der Waals surface area contributed by atoms with Crippen LogP contribution in [0.3, 0.4) is 0 Å². The largest absolute Gasteiger partial charge is 0.321 e. The molecule has 0 atom stereocenters. The Bertz CT molecular complexity index is 1410. The van der Waals surface area contributed by atoms with E-state index in [4.69, 9.17) is 11.6 Å². The lowest BCUT2D eigenvalue weighted by molar-refractivity contribution is 0.102. The van der Waals surface area contributed by atoms with Crippen LogP contribution in [0.15, 0.2) is 46.6 Å². The maximum Gasteiger partial charge on any atom is 0.275 e. The molecule has 0 fully saturated rings. The van der Waals surface area contributed by atoms with Crippen molar-refractivity contribution in [2.24, 2.45) is 0 Å². The number of amides is 1. The number of nitrogens with zero attached hydrogens (tertiary/aromatic N) is 4. The van der Waals surface area contributed by atoms with E-state index >= 15 is 0 Å². The Morgan fingerprint density at radius 1 is 1.00 bits per heavy atom. The van der Waals surface area contributed by atoms with Gasteiger partial charge in [-0.15, -0.1) is 0 Å². The highest BCUT2D eigenvalue weighted by atomic mass is 35.5. The van der Waals surface area contributed by atoms with Crippen LogP contribution in [0, 0.1) is 13.8 Å². The van der Waals surface area contributed by atoms with Gasteiger partial charge in [-0.25, -0.2) is 41.5 Å². The van der Waals surface area contributed by atoms with Gasteiger partial charge >= 0.3 is 0 Å². The smallest absolute Gasteiger partial charge is 0.275 e. The van der Waals surface area contributed by atoms with Crippen LogP contribution < -0.4 is 10.0 Å². The standard InChI is InChI=1S/C19H19ClN6O5S2/c1-4-32(28,29)19-21-10-15(20)16(25-19)17(27)24-13-5-7-14(8-6-13)33(30,31)26-18-22-11(2)9-12(3)23-18/h5-10H,4H2,1-3H3,(H,24,27)(H,22,23,26). The Morgan fingerprint density at radius 2 is 1.61 bits per heavy atom. The number of hydrogen-bond acceptors (Lipinski definition) is 9. The number of rotatable bonds is 7. The number of carbonyl (C=O) groups is 1. The van der Waals surface area contributed by atoms with E-state index in [0.29, 0.717) is 11.4 Å². The molecule has 0 bridgehead atoms. The van der Waals surface area contributed by atoms with Crippen LogP contribution in [0.2, 0.25) is 5.02 Å². The third-order valence-electron chi connectivity index (χ3n) is 4.23. The molecular weight excluding hydrogens is 492 g/mol. The molecule has 0 radical (unpaired) electrons. The summed E-state index contributed by atoms with van der Waals surface area (Å²) in [4.78, 5) is 28.0. The van der Waals surface area contributed by atoms with Crippen molar-refractivity contribution in [1.82, 2.24) is 19.9 Å². The summed E-state index contributed by atoms with van der Waals surface area (Å²) in [5.41, 5.74) is 1.12. The van der Waals surface area contributed by atoms with Crippen LogP contribution in [0.4, 0.5) is 11.6 Å². The van der Waals surface area contributed by atoms with E-state index in [1.54, 1.807) is 19.9 Å². The van der Waals surface area contributed by atoms with Crippen molar-refractivity contribution in [3.05, 3.63) is 58.6 Å². The maximum absolute atomic E-state index is 12.6. The van der Waals surface area contributed by atoms with Crippen molar-refractivity contribution in [1.29, 1.82) is 0 Å². The number of aryl methyl sites for hydroxylation is 2. The monoisotopic (exact) mass is 510 g/mol. The second kappa shape index (κ2) is 9.37. The first-order valence-corrected chi connectivity index (χ1v) is 12.9. The summed E-state index contributed by atoms with van der Waals surface area (Å²) in [6.45, 7) is 4.85. The Kier molecular flexibility index (Phi) is 6.95. The van der Waals surface area contributed by atoms with Crippen molar-refractivity contribution in [3.63, 3.8) is 0 Å². The lowest BCUT2D eigenvalue weighted by Crippen LogP contribution is -2.18. The third kappa shape index (κ3) is 5.80. The molecule has 0 aliphatic heterocycles. The van der Waals surface area contributed by atoms with Crippen LogP contribution >= 0.6 is 11.6 Å². The molecule has 1 amide bonds. The van der Waals surface area contributed by atoms with E-state index in [1.807, 2.05) is 0 Å². The zero-order valence-electron chi connectivity index (χ0n) is 17.7. The first-order valence-electron chi connectivity index (χ1n) is 9.43. The fourth-order valence-corrected chi connectivity index (χ4v) is 4.47. The molecule has 11 nitrogen and oxygen atoms in total. The van der Waals surface area contributed by atoms with Crippen molar-refractivity contribution in [2.45, 2.75) is 30.8 Å². The van der Waals surface area contributed by atoms with Gasteiger partial charge in [0.15, 0.2) is 5.69 Å². The predicted molar refractivity (Wildman–Crippen MR) is 121 cm³/mol. The highest BCUT2D eigenvalue weighted by Crippen LogP contribution is 2.20. The molecule has 0 unspecified atom stereocenters. The minimum absolute atomic E-state index is 0.0545. The van der Waals surface area contributed by atoms with Gasteiger partial charge in [-0.2, -0.15) is 0 Å². The number of nitrogens with one attached hydrogen (secondary N) is 2. The molecule has 2 N–H and O–H groups in total. The van der Waals surface area contributed by atoms with Gasteiger partial charge in [0.25, 0.3) is 15.9 Å². The Morgan fingerprint density at radius 3 is 2.18 bits per heavy atom. The van der Waals surface area contributed by atoms with Crippen molar-refractivity contribution < 1.29 is 21.6 Å². The number of sulfone groups is 1. The van der Waals surface area contributed by atoms with E-state index in [-0.39, 0.29) is 33.0 Å². The topological polar surface area (TPSA) is 161 Å². The van der Waals surface area contributed by atoms with Crippen molar-refractivity contribution in [3.8, 4) is 0 Å². The summed E-state index contributed by atoms with van der Waals surface area (Å²) in [5.74, 6) is -1.08. The summed E-state index contributed by atoms with van der Waals surface area (Å²) < 4.78 is 51.5. The molecule has 0 aliphatic carbocycles. The number of carbonyl (C=O) groups excluding carboxylic acids is 1. The van der Waals surface area contributed by atoms with Crippen LogP contribution in [-0.2, 0) is 19.9 Å². The Hall–Kier alpha value is -3.16. The van der Waals surface area contributed by atoms with E-state index in [1.165, 1.54) is 31.2 Å². The van der Waals surface area contributed by atoms with Gasteiger partial charge in [-0.05, 0) is 44.2 Å². The van der Waals surface area contributed by atoms with Crippen molar-refractivity contribution in [2.75, 3.05) is 15.8 Å². The second-order valence-corrected chi connectivity index (χ2v) is 11.1. The molecular formula is C19H19ClN6O5S2. The predicted octanol–water partition coefficient (Wildman–Crippen LogP) is 2.38. The quantitative estimate of drug-likeness (QED) is 0.454. The molecule has 0 saturated carbocycles. The Balaban J connectivity index is 1.79. The van der Waals surface area contributed by atoms with Crippen LogP contribution in [0.25, 0.3) is 0 Å². The highest BCUT2D eigenvalue weighted by Gasteiger charge is 2.21. The molecule has 0 saturated heterocycles. The number of aromatic nitrogens is 4. The molecule has 14 heteroatoms. The third-order valence-corrected chi connectivity index (χ3v) is 7.36. The van der Waals surface area contributed by atoms with Gasteiger partial charge < -0.3 is 5.32 Å². The first-order chi connectivity index (χ1) is 15.4. The van der Waals surface area contributed by atoms with E-state index in [9.17, 15) is 21.6 Å². The number of hydrogen-bond donors (Lipinski definition) is 2. The SMILES string of the molecule is CCS(=O)(=O)c1ncc(Cl)c(C(=O)Nc2ccc(S(=O)(=O)Nc3nc(C)cc(C)n3)cc2)n1. The summed E-state index contributed by atoms with van der Waals surface area (Å²) in [5, 5.41) is 1.84. The average Bonchev–Trinajstić information content (AvgIpc) is 2.73. The molecule has 0 spiro atoms. The normalized spacial score (nSPS) is 11.8. The molecule has 33 heavy (non-hydrogen) atoms. The average molecular weight is 511 g/mol. The van der Waals surface area contributed by atoms with Crippen LogP contribution in [0.1, 0.15) is 28.8 Å². The highest BCUT2D eigenvalue weighted by molar-refractivity contribution is 7.92. The van der Waals surface area contributed by atoms with Gasteiger partial charge in [0.1, 0.15) is 0 Å². The number of benzene rings is 1. The van der Waals surface area contributed by atoms with Gasteiger partial charge in [0, 0.05) is 17.1 Å². The fraction of sp³-hybridized carbons (Fsp3) is 0.211. The molecule has 0 aliphatic rings.